The molecule has 0 bridgehead atoms. The number of aryl methyl sites for hydroxylation is 2. The Morgan fingerprint density at radius 1 is 1.32 bits per heavy atom. The molecule has 19 heavy (non-hydrogen) atoms. The molecule has 2 aromatic rings. The van der Waals surface area contributed by atoms with Gasteiger partial charge in [0.15, 0.2) is 11.6 Å². The fraction of sp³-hybridized carbons (Fsp3) is 0.231. The monoisotopic (exact) mass is 266 g/mol. The second-order valence-corrected chi connectivity index (χ2v) is 4.11. The molecule has 0 aliphatic carbocycles. The third-order valence-electron chi connectivity index (χ3n) is 2.79. The molecule has 1 N–H and O–H groups in total. The summed E-state index contributed by atoms with van der Waals surface area (Å²) in [5.41, 5.74) is 1.52. The molecule has 0 aliphatic rings. The minimum absolute atomic E-state index is 0.0608. The molecule has 1 aromatic heterocycles. The number of hydrogen-bond donors (Lipinski definition) is 1. The van der Waals surface area contributed by atoms with Crippen LogP contribution in [0.15, 0.2) is 22.7 Å². The molecule has 0 aliphatic heterocycles. The lowest BCUT2D eigenvalue weighted by Gasteiger charge is -2.05. The average Bonchev–Trinajstić information content (AvgIpc) is 2.69. The molecule has 0 radical (unpaired) electrons. The summed E-state index contributed by atoms with van der Waals surface area (Å²) in [6.45, 7) is 3.72. The Morgan fingerprint density at radius 2 is 2.05 bits per heavy atom. The number of rotatable bonds is 3. The van der Waals surface area contributed by atoms with Crippen molar-refractivity contribution < 1.29 is 18.1 Å². The first-order valence-corrected chi connectivity index (χ1v) is 5.64. The van der Waals surface area contributed by atoms with Crippen molar-refractivity contribution in [3.63, 3.8) is 0 Å². The lowest BCUT2D eigenvalue weighted by molar-refractivity contribution is 0.0950. The van der Waals surface area contributed by atoms with Crippen LogP contribution < -0.4 is 5.32 Å². The van der Waals surface area contributed by atoms with E-state index in [1.54, 1.807) is 13.8 Å². The fourth-order valence-corrected chi connectivity index (χ4v) is 1.66. The van der Waals surface area contributed by atoms with E-state index >= 15 is 0 Å². The molecule has 0 spiro atoms. The van der Waals surface area contributed by atoms with Gasteiger partial charge in [0, 0.05) is 17.7 Å². The number of aromatic nitrogens is 1. The van der Waals surface area contributed by atoms with Crippen molar-refractivity contribution in [3.05, 3.63) is 52.4 Å². The Kier molecular flexibility index (Phi) is 3.59. The molecule has 0 atom stereocenters. The molecule has 100 valence electrons. The first kappa shape index (κ1) is 13.2. The van der Waals surface area contributed by atoms with Crippen LogP contribution in [0.1, 0.15) is 27.4 Å². The molecule has 0 unspecified atom stereocenters. The topological polar surface area (TPSA) is 55.1 Å². The minimum Gasteiger partial charge on any atom is -0.361 e. The van der Waals surface area contributed by atoms with Gasteiger partial charge in [0.1, 0.15) is 5.76 Å². The van der Waals surface area contributed by atoms with Gasteiger partial charge in [-0.1, -0.05) is 5.16 Å². The zero-order valence-electron chi connectivity index (χ0n) is 10.5. The second-order valence-electron chi connectivity index (χ2n) is 4.11. The third-order valence-corrected chi connectivity index (χ3v) is 2.79. The molecule has 1 heterocycles. The van der Waals surface area contributed by atoms with Crippen molar-refractivity contribution in [1.29, 1.82) is 0 Å². The van der Waals surface area contributed by atoms with Crippen LogP contribution in [0.4, 0.5) is 8.78 Å². The lowest BCUT2D eigenvalue weighted by Crippen LogP contribution is -2.23. The van der Waals surface area contributed by atoms with E-state index in [1.165, 1.54) is 6.07 Å². The molecule has 0 fully saturated rings. The first-order valence-electron chi connectivity index (χ1n) is 5.64. The van der Waals surface area contributed by atoms with Crippen LogP contribution in [0.5, 0.6) is 0 Å². The second kappa shape index (κ2) is 5.17. The van der Waals surface area contributed by atoms with Crippen molar-refractivity contribution in [3.8, 4) is 0 Å². The van der Waals surface area contributed by atoms with E-state index in [-0.39, 0.29) is 12.1 Å². The van der Waals surface area contributed by atoms with Crippen LogP contribution >= 0.6 is 0 Å². The number of halogens is 2. The average molecular weight is 266 g/mol. The number of nitrogens with zero attached hydrogens (tertiary/aromatic N) is 1. The summed E-state index contributed by atoms with van der Waals surface area (Å²) in [4.78, 5) is 11.8. The van der Waals surface area contributed by atoms with E-state index in [4.69, 9.17) is 4.52 Å². The zero-order chi connectivity index (χ0) is 14.0. The van der Waals surface area contributed by atoms with Crippen LogP contribution in [-0.2, 0) is 6.54 Å². The molecule has 0 saturated carbocycles. The molecular formula is C13H12F2N2O2. The Labute approximate surface area is 108 Å². The summed E-state index contributed by atoms with van der Waals surface area (Å²) < 4.78 is 30.7. The summed E-state index contributed by atoms with van der Waals surface area (Å²) in [6.07, 6.45) is 0. The van der Waals surface area contributed by atoms with Gasteiger partial charge >= 0.3 is 0 Å². The maximum absolute atomic E-state index is 13.0. The quantitative estimate of drug-likeness (QED) is 0.928. The minimum atomic E-state index is -1.05. The highest BCUT2D eigenvalue weighted by Gasteiger charge is 2.12. The van der Waals surface area contributed by atoms with Crippen molar-refractivity contribution in [2.45, 2.75) is 20.4 Å². The SMILES string of the molecule is Cc1noc(C)c1CNC(=O)c1ccc(F)c(F)c1. The molecule has 4 nitrogen and oxygen atoms in total. The Bertz CT molecular complexity index is 604. The van der Waals surface area contributed by atoms with E-state index in [9.17, 15) is 13.6 Å². The summed E-state index contributed by atoms with van der Waals surface area (Å²) in [5, 5.41) is 6.36. The van der Waals surface area contributed by atoms with Crippen LogP contribution in [0, 0.1) is 25.5 Å². The van der Waals surface area contributed by atoms with Crippen molar-refractivity contribution in [2.24, 2.45) is 0 Å². The number of amides is 1. The van der Waals surface area contributed by atoms with Gasteiger partial charge in [0.05, 0.1) is 5.69 Å². The van der Waals surface area contributed by atoms with Crippen LogP contribution in [0.25, 0.3) is 0 Å². The first-order chi connectivity index (χ1) is 8.99. The highest BCUT2D eigenvalue weighted by molar-refractivity contribution is 5.94. The molecule has 1 aromatic carbocycles. The van der Waals surface area contributed by atoms with Gasteiger partial charge in [0.2, 0.25) is 0 Å². The highest BCUT2D eigenvalue weighted by Crippen LogP contribution is 2.12. The van der Waals surface area contributed by atoms with Gasteiger partial charge in [-0.2, -0.15) is 0 Å². The summed E-state index contributed by atoms with van der Waals surface area (Å²) in [5.74, 6) is -1.91. The predicted molar refractivity (Wildman–Crippen MR) is 63.5 cm³/mol. The molecular weight excluding hydrogens is 254 g/mol. The molecule has 1 amide bonds. The van der Waals surface area contributed by atoms with E-state index in [0.29, 0.717) is 11.5 Å². The Morgan fingerprint density at radius 3 is 2.63 bits per heavy atom. The Hall–Kier alpha value is -2.24. The fourth-order valence-electron chi connectivity index (χ4n) is 1.66. The van der Waals surface area contributed by atoms with Crippen LogP contribution in [0.3, 0.4) is 0 Å². The predicted octanol–water partition coefficient (Wildman–Crippen LogP) is 2.50. The number of carbonyl (C=O) groups excluding carboxylic acids is 1. The molecule has 2 rings (SSSR count). The largest absolute Gasteiger partial charge is 0.361 e. The van der Waals surface area contributed by atoms with Gasteiger partial charge in [-0.05, 0) is 32.0 Å². The van der Waals surface area contributed by atoms with E-state index in [2.05, 4.69) is 10.5 Å². The van der Waals surface area contributed by atoms with Gasteiger partial charge in [-0.15, -0.1) is 0 Å². The van der Waals surface area contributed by atoms with E-state index < -0.39 is 17.5 Å². The third kappa shape index (κ3) is 2.78. The maximum Gasteiger partial charge on any atom is 0.251 e. The van der Waals surface area contributed by atoms with Crippen molar-refractivity contribution >= 4 is 5.91 Å². The normalized spacial score (nSPS) is 10.5. The van der Waals surface area contributed by atoms with Gasteiger partial charge in [-0.25, -0.2) is 8.78 Å². The zero-order valence-corrected chi connectivity index (χ0v) is 10.5. The smallest absolute Gasteiger partial charge is 0.251 e. The highest BCUT2D eigenvalue weighted by atomic mass is 19.2. The van der Waals surface area contributed by atoms with Crippen molar-refractivity contribution in [2.75, 3.05) is 0 Å². The summed E-state index contributed by atoms with van der Waals surface area (Å²) in [7, 11) is 0. The maximum atomic E-state index is 13.0. The van der Waals surface area contributed by atoms with Crippen LogP contribution in [0.2, 0.25) is 0 Å². The summed E-state index contributed by atoms with van der Waals surface area (Å²) in [6, 6.07) is 3.00. The summed E-state index contributed by atoms with van der Waals surface area (Å²) >= 11 is 0. The lowest BCUT2D eigenvalue weighted by atomic mass is 10.1. The number of nitrogens with one attached hydrogen (secondary N) is 1. The standard InChI is InChI=1S/C13H12F2N2O2/c1-7-10(8(2)19-17-7)6-16-13(18)9-3-4-11(14)12(15)5-9/h3-5H,6H2,1-2H3,(H,16,18). The van der Waals surface area contributed by atoms with Crippen molar-refractivity contribution in [1.82, 2.24) is 10.5 Å². The Balaban J connectivity index is 2.07. The van der Waals surface area contributed by atoms with Gasteiger partial charge in [0.25, 0.3) is 5.91 Å². The van der Waals surface area contributed by atoms with E-state index in [0.717, 1.165) is 17.7 Å². The number of carbonyl (C=O) groups is 1. The van der Waals surface area contributed by atoms with Gasteiger partial charge < -0.3 is 9.84 Å². The number of benzene rings is 1. The molecule has 0 saturated heterocycles. The number of hydrogen-bond acceptors (Lipinski definition) is 3. The van der Waals surface area contributed by atoms with Gasteiger partial charge in [-0.3, -0.25) is 4.79 Å². The van der Waals surface area contributed by atoms with E-state index in [1.807, 2.05) is 0 Å². The molecule has 6 heteroatoms. The van der Waals surface area contributed by atoms with Crippen LogP contribution in [-0.4, -0.2) is 11.1 Å².